The van der Waals surface area contributed by atoms with Crippen molar-refractivity contribution in [3.63, 3.8) is 0 Å². The van der Waals surface area contributed by atoms with Crippen LogP contribution < -0.4 is 11.1 Å². The number of nitrogens with zero attached hydrogens (tertiary/aromatic N) is 1. The first-order chi connectivity index (χ1) is 15.8. The summed E-state index contributed by atoms with van der Waals surface area (Å²) in [7, 11) is -4.16. The average molecular weight is 478 g/mol. The molecule has 1 aliphatic carbocycles. The Hall–Kier alpha value is -2.66. The molecule has 33 heavy (non-hydrogen) atoms. The Balaban J connectivity index is 1.85. The van der Waals surface area contributed by atoms with Crippen molar-refractivity contribution >= 4 is 21.8 Å². The van der Waals surface area contributed by atoms with Gasteiger partial charge in [-0.3, -0.25) is 4.84 Å². The number of nitrogen functional groups attached to an aromatic ring is 1. The number of benzene rings is 2. The first-order valence-corrected chi connectivity index (χ1v) is 12.5. The van der Waals surface area contributed by atoms with Gasteiger partial charge >= 0.3 is 6.09 Å². The van der Waals surface area contributed by atoms with Gasteiger partial charge in [-0.2, -0.15) is 0 Å². The van der Waals surface area contributed by atoms with Gasteiger partial charge in [-0.1, -0.05) is 60.1 Å². The summed E-state index contributed by atoms with van der Waals surface area (Å²) in [6.07, 6.45) is 1.54. The lowest BCUT2D eigenvalue weighted by Gasteiger charge is -2.32. The third kappa shape index (κ3) is 7.16. The van der Waals surface area contributed by atoms with Crippen molar-refractivity contribution in [2.24, 2.45) is 0 Å². The molecule has 0 radical (unpaired) electrons. The Morgan fingerprint density at radius 2 is 1.82 bits per heavy atom. The number of nitrogens with two attached hydrogens (primary N) is 1. The Labute approximate surface area is 194 Å². The highest BCUT2D eigenvalue weighted by atomic mass is 32.2. The van der Waals surface area contributed by atoms with Crippen molar-refractivity contribution in [2.75, 3.05) is 12.3 Å². The summed E-state index contributed by atoms with van der Waals surface area (Å²) in [6, 6.07) is 14.0. The SMILES string of the molecule is Nc1cccc(S(=O)(=O)N(C[C@@H](O)[C@H](Cc2ccccc2)NC(=O)O)OC2CCCCC2)c1. The lowest BCUT2D eigenvalue weighted by Crippen LogP contribution is -2.50. The van der Waals surface area contributed by atoms with Gasteiger partial charge in [-0.25, -0.2) is 13.2 Å². The molecule has 0 unspecified atom stereocenters. The molecule has 1 aliphatic rings. The quantitative estimate of drug-likeness (QED) is 0.304. The Bertz CT molecular complexity index is 1010. The normalized spacial score (nSPS) is 16.9. The van der Waals surface area contributed by atoms with E-state index < -0.39 is 34.8 Å². The minimum absolute atomic E-state index is 0.0590. The maximum Gasteiger partial charge on any atom is 0.404 e. The molecule has 1 amide bonds. The fourth-order valence-corrected chi connectivity index (χ4v) is 5.27. The molecule has 1 fully saturated rings. The van der Waals surface area contributed by atoms with Gasteiger partial charge < -0.3 is 21.3 Å². The highest BCUT2D eigenvalue weighted by Gasteiger charge is 2.34. The van der Waals surface area contributed by atoms with E-state index in [1.54, 1.807) is 6.07 Å². The second-order valence-corrected chi connectivity index (χ2v) is 10.1. The van der Waals surface area contributed by atoms with Gasteiger partial charge in [0.2, 0.25) is 0 Å². The Kier molecular flexibility index (Phi) is 8.67. The van der Waals surface area contributed by atoms with Crippen molar-refractivity contribution in [3.8, 4) is 0 Å². The van der Waals surface area contributed by atoms with Gasteiger partial charge in [-0.05, 0) is 43.0 Å². The molecule has 9 nitrogen and oxygen atoms in total. The average Bonchev–Trinajstić information content (AvgIpc) is 2.79. The van der Waals surface area contributed by atoms with Crippen LogP contribution in [0, 0.1) is 0 Å². The van der Waals surface area contributed by atoms with E-state index >= 15 is 0 Å². The van der Waals surface area contributed by atoms with Gasteiger partial charge in [0.1, 0.15) is 0 Å². The van der Waals surface area contributed by atoms with Gasteiger partial charge in [-0.15, -0.1) is 0 Å². The molecule has 3 rings (SSSR count). The predicted molar refractivity (Wildman–Crippen MR) is 124 cm³/mol. The van der Waals surface area contributed by atoms with Crippen LogP contribution in [-0.2, 0) is 21.3 Å². The van der Waals surface area contributed by atoms with E-state index in [-0.39, 0.29) is 23.1 Å². The number of amides is 1. The van der Waals surface area contributed by atoms with Gasteiger partial charge in [0, 0.05) is 5.69 Å². The van der Waals surface area contributed by atoms with E-state index in [9.17, 15) is 23.4 Å². The molecule has 0 heterocycles. The molecule has 0 bridgehead atoms. The molecular formula is C23H31N3O6S. The van der Waals surface area contributed by atoms with Crippen molar-refractivity contribution in [1.29, 1.82) is 0 Å². The lowest BCUT2D eigenvalue weighted by atomic mass is 9.98. The topological polar surface area (TPSA) is 142 Å². The number of sulfonamides is 1. The van der Waals surface area contributed by atoms with Crippen LogP contribution >= 0.6 is 0 Å². The molecule has 2 aromatic rings. The number of anilines is 1. The number of rotatable bonds is 10. The first kappa shape index (κ1) is 25.0. The predicted octanol–water partition coefficient (Wildman–Crippen LogP) is 2.76. The zero-order valence-electron chi connectivity index (χ0n) is 18.3. The van der Waals surface area contributed by atoms with Crippen LogP contribution in [0.1, 0.15) is 37.7 Å². The number of aliphatic hydroxyl groups is 1. The number of hydrogen-bond acceptors (Lipinski definition) is 6. The van der Waals surface area contributed by atoms with E-state index in [2.05, 4.69) is 5.32 Å². The maximum absolute atomic E-state index is 13.4. The second-order valence-electron chi connectivity index (χ2n) is 8.24. The molecular weight excluding hydrogens is 446 g/mol. The minimum atomic E-state index is -4.16. The number of hydrogen-bond donors (Lipinski definition) is 4. The van der Waals surface area contributed by atoms with Crippen molar-refractivity contribution in [3.05, 3.63) is 60.2 Å². The molecule has 10 heteroatoms. The smallest absolute Gasteiger partial charge is 0.404 e. The molecule has 5 N–H and O–H groups in total. The number of hydroxylamine groups is 1. The number of carbonyl (C=O) groups is 1. The van der Waals surface area contributed by atoms with Crippen molar-refractivity contribution in [2.45, 2.75) is 61.7 Å². The molecule has 0 saturated heterocycles. The largest absolute Gasteiger partial charge is 0.465 e. The molecule has 0 spiro atoms. The Morgan fingerprint density at radius 1 is 1.12 bits per heavy atom. The van der Waals surface area contributed by atoms with Crippen LogP contribution in [-0.4, -0.2) is 54.0 Å². The molecule has 180 valence electrons. The van der Waals surface area contributed by atoms with E-state index in [1.165, 1.54) is 18.2 Å². The fourth-order valence-electron chi connectivity index (χ4n) is 3.92. The van der Waals surface area contributed by atoms with E-state index in [4.69, 9.17) is 10.6 Å². The fraction of sp³-hybridized carbons (Fsp3) is 0.435. The molecule has 0 aromatic heterocycles. The zero-order valence-corrected chi connectivity index (χ0v) is 19.2. The van der Waals surface area contributed by atoms with Gasteiger partial charge in [0.05, 0.1) is 29.7 Å². The third-order valence-electron chi connectivity index (χ3n) is 5.65. The van der Waals surface area contributed by atoms with Crippen LogP contribution in [0.4, 0.5) is 10.5 Å². The monoisotopic (exact) mass is 477 g/mol. The van der Waals surface area contributed by atoms with Crippen LogP contribution in [0.25, 0.3) is 0 Å². The lowest BCUT2D eigenvalue weighted by molar-refractivity contribution is -0.156. The molecule has 1 saturated carbocycles. The maximum atomic E-state index is 13.4. The minimum Gasteiger partial charge on any atom is -0.465 e. The summed E-state index contributed by atoms with van der Waals surface area (Å²) in [5, 5.41) is 22.5. The standard InChI is InChI=1S/C23H31N3O6S/c24-18-10-7-13-20(15-18)33(30,31)26(32-19-11-5-2-6-12-19)16-22(27)21(25-23(28)29)14-17-8-3-1-4-9-17/h1,3-4,7-10,13,15,19,21-22,25,27H,2,5-6,11-12,14,16,24H2,(H,28,29)/t21-,22+/m0/s1. The van der Waals surface area contributed by atoms with Crippen molar-refractivity contribution < 1.29 is 28.3 Å². The highest BCUT2D eigenvalue weighted by Crippen LogP contribution is 2.26. The highest BCUT2D eigenvalue weighted by molar-refractivity contribution is 7.89. The number of nitrogens with one attached hydrogen (secondary N) is 1. The number of aliphatic hydroxyl groups excluding tert-OH is 1. The first-order valence-electron chi connectivity index (χ1n) is 11.0. The number of carboxylic acid groups (broad SMARTS) is 1. The molecule has 0 aliphatic heterocycles. The summed E-state index contributed by atoms with van der Waals surface area (Å²) < 4.78 is 27.6. The van der Waals surface area contributed by atoms with Crippen molar-refractivity contribution in [1.82, 2.24) is 9.79 Å². The summed E-state index contributed by atoms with van der Waals surface area (Å²) in [4.78, 5) is 17.2. The summed E-state index contributed by atoms with van der Waals surface area (Å²) >= 11 is 0. The third-order valence-corrected chi connectivity index (χ3v) is 7.27. The summed E-state index contributed by atoms with van der Waals surface area (Å²) in [5.41, 5.74) is 6.86. The van der Waals surface area contributed by atoms with Gasteiger partial charge in [0.15, 0.2) is 0 Å². The molecule has 2 aromatic carbocycles. The summed E-state index contributed by atoms with van der Waals surface area (Å²) in [5.74, 6) is 0. The second kappa shape index (κ2) is 11.5. The van der Waals surface area contributed by atoms with E-state index in [0.717, 1.165) is 29.3 Å². The zero-order chi connectivity index (χ0) is 23.8. The summed E-state index contributed by atoms with van der Waals surface area (Å²) in [6.45, 7) is -0.439. The van der Waals surface area contributed by atoms with Crippen LogP contribution in [0.3, 0.4) is 0 Å². The van der Waals surface area contributed by atoms with Gasteiger partial charge in [0.25, 0.3) is 10.0 Å². The van der Waals surface area contributed by atoms with Crippen LogP contribution in [0.2, 0.25) is 0 Å². The van der Waals surface area contributed by atoms with Crippen LogP contribution in [0.5, 0.6) is 0 Å². The van der Waals surface area contributed by atoms with E-state index in [1.807, 2.05) is 30.3 Å². The van der Waals surface area contributed by atoms with E-state index in [0.29, 0.717) is 12.8 Å². The van der Waals surface area contributed by atoms with Crippen LogP contribution in [0.15, 0.2) is 59.5 Å². The Morgan fingerprint density at radius 3 is 2.45 bits per heavy atom. The molecule has 2 atom stereocenters.